The van der Waals surface area contributed by atoms with Crippen LogP contribution >= 0.6 is 11.6 Å². The number of hydrogen-bond acceptors (Lipinski definition) is 3. The Labute approximate surface area is 125 Å². The molecule has 0 radical (unpaired) electrons. The van der Waals surface area contributed by atoms with Crippen LogP contribution in [0.4, 0.5) is 5.69 Å². The number of anilines is 1. The van der Waals surface area contributed by atoms with Gasteiger partial charge in [-0.05, 0) is 44.0 Å². The van der Waals surface area contributed by atoms with Crippen molar-refractivity contribution in [2.75, 3.05) is 25.0 Å². The van der Waals surface area contributed by atoms with Gasteiger partial charge in [0.05, 0.1) is 0 Å². The lowest BCUT2D eigenvalue weighted by Gasteiger charge is -2.20. The maximum atomic E-state index is 11.9. The number of benzene rings is 1. The van der Waals surface area contributed by atoms with Crippen molar-refractivity contribution in [3.8, 4) is 0 Å². The summed E-state index contributed by atoms with van der Waals surface area (Å²) in [7, 11) is 0. The Morgan fingerprint density at radius 1 is 1.55 bits per heavy atom. The molecule has 0 saturated carbocycles. The zero-order chi connectivity index (χ0) is 14.5. The third-order valence-electron chi connectivity index (χ3n) is 3.86. The summed E-state index contributed by atoms with van der Waals surface area (Å²) in [5, 5.41) is 3.50. The van der Waals surface area contributed by atoms with E-state index in [1.54, 1.807) is 12.1 Å². The Kier molecular flexibility index (Phi) is 5.40. The molecule has 1 aliphatic heterocycles. The molecule has 0 aliphatic carbocycles. The van der Waals surface area contributed by atoms with Gasteiger partial charge in [0.15, 0.2) is 0 Å². The summed E-state index contributed by atoms with van der Waals surface area (Å²) in [5.41, 5.74) is 6.46. The number of nitrogens with zero attached hydrogens (tertiary/aromatic N) is 1. The van der Waals surface area contributed by atoms with E-state index >= 15 is 0 Å². The van der Waals surface area contributed by atoms with E-state index in [1.165, 1.54) is 0 Å². The highest BCUT2D eigenvalue weighted by Gasteiger charge is 2.27. The molecule has 1 fully saturated rings. The molecule has 1 amide bonds. The monoisotopic (exact) mass is 295 g/mol. The van der Waals surface area contributed by atoms with E-state index in [4.69, 9.17) is 17.3 Å². The lowest BCUT2D eigenvalue weighted by molar-refractivity contribution is -0.116. The largest absolute Gasteiger partial charge is 0.330 e. The SMILES string of the molecule is CC1CC(CN)CN1CCC(=O)Nc1cccc(Cl)c1. The molecule has 2 rings (SSSR count). The quantitative estimate of drug-likeness (QED) is 0.876. The molecule has 4 nitrogen and oxygen atoms in total. The smallest absolute Gasteiger partial charge is 0.225 e. The second-order valence-electron chi connectivity index (χ2n) is 5.49. The molecule has 1 aliphatic rings. The number of nitrogens with one attached hydrogen (secondary N) is 1. The minimum Gasteiger partial charge on any atom is -0.330 e. The van der Waals surface area contributed by atoms with Gasteiger partial charge >= 0.3 is 0 Å². The van der Waals surface area contributed by atoms with Crippen LogP contribution in [-0.2, 0) is 4.79 Å². The van der Waals surface area contributed by atoms with E-state index in [0.29, 0.717) is 23.4 Å². The molecule has 2 unspecified atom stereocenters. The first-order valence-electron chi connectivity index (χ1n) is 7.08. The second kappa shape index (κ2) is 7.07. The van der Waals surface area contributed by atoms with Gasteiger partial charge in [-0.25, -0.2) is 0 Å². The average Bonchev–Trinajstić information content (AvgIpc) is 2.77. The van der Waals surface area contributed by atoms with E-state index in [2.05, 4.69) is 17.1 Å². The van der Waals surface area contributed by atoms with Gasteiger partial charge in [0.25, 0.3) is 0 Å². The molecule has 2 atom stereocenters. The van der Waals surface area contributed by atoms with Crippen LogP contribution in [0.25, 0.3) is 0 Å². The minimum atomic E-state index is 0.0238. The van der Waals surface area contributed by atoms with Crippen molar-refractivity contribution in [2.24, 2.45) is 11.7 Å². The summed E-state index contributed by atoms with van der Waals surface area (Å²) >= 11 is 5.89. The zero-order valence-corrected chi connectivity index (χ0v) is 12.6. The Balaban J connectivity index is 1.78. The number of hydrogen-bond donors (Lipinski definition) is 2. The number of carbonyl (C=O) groups excluding carboxylic acids is 1. The van der Waals surface area contributed by atoms with Crippen molar-refractivity contribution in [1.82, 2.24) is 4.90 Å². The van der Waals surface area contributed by atoms with E-state index in [1.807, 2.05) is 12.1 Å². The highest BCUT2D eigenvalue weighted by atomic mass is 35.5. The molecule has 20 heavy (non-hydrogen) atoms. The van der Waals surface area contributed by atoms with E-state index in [0.717, 1.165) is 31.7 Å². The normalized spacial score (nSPS) is 22.9. The molecule has 1 aromatic carbocycles. The number of carbonyl (C=O) groups is 1. The first-order chi connectivity index (χ1) is 9.58. The first kappa shape index (κ1) is 15.3. The molecular formula is C15H22ClN3O. The summed E-state index contributed by atoms with van der Waals surface area (Å²) in [4.78, 5) is 14.3. The molecule has 1 heterocycles. The molecule has 1 saturated heterocycles. The molecule has 0 spiro atoms. The van der Waals surface area contributed by atoms with Crippen molar-refractivity contribution in [2.45, 2.75) is 25.8 Å². The zero-order valence-electron chi connectivity index (χ0n) is 11.8. The number of likely N-dealkylation sites (tertiary alicyclic amines) is 1. The summed E-state index contributed by atoms with van der Waals surface area (Å²) in [6, 6.07) is 7.72. The molecule has 1 aromatic rings. The van der Waals surface area contributed by atoms with Crippen LogP contribution in [0.2, 0.25) is 5.02 Å². The lowest BCUT2D eigenvalue weighted by atomic mass is 10.1. The van der Waals surface area contributed by atoms with Crippen molar-refractivity contribution >= 4 is 23.2 Å². The molecule has 5 heteroatoms. The summed E-state index contributed by atoms with van der Waals surface area (Å²) in [5.74, 6) is 0.594. The Hall–Kier alpha value is -1.10. The first-order valence-corrected chi connectivity index (χ1v) is 7.46. The predicted octanol–water partition coefficient (Wildman–Crippen LogP) is 2.34. The third-order valence-corrected chi connectivity index (χ3v) is 4.09. The Bertz CT molecular complexity index is 466. The van der Waals surface area contributed by atoms with Crippen LogP contribution in [0.15, 0.2) is 24.3 Å². The molecule has 110 valence electrons. The number of amides is 1. The van der Waals surface area contributed by atoms with Gasteiger partial charge < -0.3 is 11.1 Å². The van der Waals surface area contributed by atoms with Crippen molar-refractivity contribution in [3.05, 3.63) is 29.3 Å². The maximum absolute atomic E-state index is 11.9. The Morgan fingerprint density at radius 2 is 2.35 bits per heavy atom. The van der Waals surface area contributed by atoms with Crippen LogP contribution < -0.4 is 11.1 Å². The van der Waals surface area contributed by atoms with Crippen LogP contribution in [0, 0.1) is 5.92 Å². The fraction of sp³-hybridized carbons (Fsp3) is 0.533. The third kappa shape index (κ3) is 4.20. The number of rotatable bonds is 5. The van der Waals surface area contributed by atoms with Gasteiger partial charge in [0.2, 0.25) is 5.91 Å². The van der Waals surface area contributed by atoms with Gasteiger partial charge in [0, 0.05) is 36.3 Å². The van der Waals surface area contributed by atoms with Crippen LogP contribution in [-0.4, -0.2) is 36.5 Å². The molecule has 0 aromatic heterocycles. The topological polar surface area (TPSA) is 58.4 Å². The number of nitrogens with two attached hydrogens (primary N) is 1. The summed E-state index contributed by atoms with van der Waals surface area (Å²) in [6.07, 6.45) is 1.63. The fourth-order valence-electron chi connectivity index (χ4n) is 2.73. The van der Waals surface area contributed by atoms with Gasteiger partial charge in [-0.3, -0.25) is 9.69 Å². The minimum absolute atomic E-state index is 0.0238. The molecular weight excluding hydrogens is 274 g/mol. The summed E-state index contributed by atoms with van der Waals surface area (Å²) in [6.45, 7) is 4.71. The number of halogens is 1. The van der Waals surface area contributed by atoms with E-state index in [-0.39, 0.29) is 5.91 Å². The van der Waals surface area contributed by atoms with Crippen molar-refractivity contribution in [1.29, 1.82) is 0 Å². The maximum Gasteiger partial charge on any atom is 0.225 e. The standard InChI is InChI=1S/C15H22ClN3O/c1-11-7-12(9-17)10-19(11)6-5-15(20)18-14-4-2-3-13(16)8-14/h2-4,8,11-12H,5-7,9-10,17H2,1H3,(H,18,20). The van der Waals surface area contributed by atoms with Gasteiger partial charge in [0.1, 0.15) is 0 Å². The van der Waals surface area contributed by atoms with Gasteiger partial charge in [-0.15, -0.1) is 0 Å². The summed E-state index contributed by atoms with van der Waals surface area (Å²) < 4.78 is 0. The van der Waals surface area contributed by atoms with Crippen LogP contribution in [0.5, 0.6) is 0 Å². The highest BCUT2D eigenvalue weighted by Crippen LogP contribution is 2.22. The van der Waals surface area contributed by atoms with Crippen LogP contribution in [0.1, 0.15) is 19.8 Å². The second-order valence-corrected chi connectivity index (χ2v) is 5.93. The highest BCUT2D eigenvalue weighted by molar-refractivity contribution is 6.30. The molecule has 0 bridgehead atoms. The lowest BCUT2D eigenvalue weighted by Crippen LogP contribution is -2.31. The Morgan fingerprint density at radius 3 is 3.00 bits per heavy atom. The fourth-order valence-corrected chi connectivity index (χ4v) is 2.93. The van der Waals surface area contributed by atoms with Gasteiger partial charge in [-0.2, -0.15) is 0 Å². The van der Waals surface area contributed by atoms with Crippen molar-refractivity contribution in [3.63, 3.8) is 0 Å². The van der Waals surface area contributed by atoms with Gasteiger partial charge in [-0.1, -0.05) is 17.7 Å². The van der Waals surface area contributed by atoms with E-state index < -0.39 is 0 Å². The van der Waals surface area contributed by atoms with Crippen LogP contribution in [0.3, 0.4) is 0 Å². The van der Waals surface area contributed by atoms with E-state index in [9.17, 15) is 4.79 Å². The predicted molar refractivity (Wildman–Crippen MR) is 82.9 cm³/mol. The average molecular weight is 296 g/mol. The van der Waals surface area contributed by atoms with Crippen molar-refractivity contribution < 1.29 is 4.79 Å². The molecule has 3 N–H and O–H groups in total.